The maximum absolute atomic E-state index is 12.7. The van der Waals surface area contributed by atoms with Gasteiger partial charge >= 0.3 is 0 Å². The van der Waals surface area contributed by atoms with Gasteiger partial charge in [-0.1, -0.05) is 67.0 Å². The predicted octanol–water partition coefficient (Wildman–Crippen LogP) is 6.12. The number of carbonyl (C=O) groups excluding carboxylic acids is 2. The molecule has 3 aromatic rings. The van der Waals surface area contributed by atoms with Crippen molar-refractivity contribution < 1.29 is 9.59 Å². The van der Waals surface area contributed by atoms with Gasteiger partial charge in [0, 0.05) is 17.3 Å². The second-order valence-electron chi connectivity index (χ2n) is 8.17. The molecule has 0 aliphatic rings. The van der Waals surface area contributed by atoms with Gasteiger partial charge in [-0.25, -0.2) is 0 Å². The van der Waals surface area contributed by atoms with Crippen LogP contribution in [0.1, 0.15) is 54.5 Å². The van der Waals surface area contributed by atoms with Crippen molar-refractivity contribution in [2.24, 2.45) is 0 Å². The number of nitrogens with one attached hydrogen (secondary N) is 2. The first-order chi connectivity index (χ1) is 16.7. The van der Waals surface area contributed by atoms with Crippen LogP contribution in [-0.4, -0.2) is 32.3 Å². The van der Waals surface area contributed by atoms with Gasteiger partial charge in [0.25, 0.3) is 5.91 Å². The normalized spacial score (nSPS) is 11.8. The molecule has 0 saturated heterocycles. The number of allylic oxidation sites excluding steroid dienone is 1. The minimum atomic E-state index is -0.468. The van der Waals surface area contributed by atoms with Gasteiger partial charge in [-0.2, -0.15) is 0 Å². The molecule has 0 saturated carbocycles. The molecule has 0 spiro atoms. The zero-order valence-corrected chi connectivity index (χ0v) is 22.0. The Hall–Kier alpha value is -2.81. The van der Waals surface area contributed by atoms with Crippen LogP contribution in [0, 0.1) is 0 Å². The van der Waals surface area contributed by atoms with Crippen molar-refractivity contribution in [3.8, 4) is 0 Å². The quantitative estimate of drug-likeness (QED) is 0.243. The topological polar surface area (TPSA) is 88.9 Å². The van der Waals surface area contributed by atoms with Gasteiger partial charge in [0.1, 0.15) is 0 Å². The van der Waals surface area contributed by atoms with Crippen LogP contribution in [0.15, 0.2) is 60.3 Å². The predicted molar refractivity (Wildman–Crippen MR) is 142 cm³/mol. The summed E-state index contributed by atoms with van der Waals surface area (Å²) in [5.41, 5.74) is 2.26. The molecule has 2 amide bonds. The van der Waals surface area contributed by atoms with Crippen LogP contribution in [0.3, 0.4) is 0 Å². The van der Waals surface area contributed by atoms with Gasteiger partial charge < -0.3 is 15.2 Å². The number of nitrogens with zero attached hydrogens (tertiary/aromatic N) is 3. The van der Waals surface area contributed by atoms with Crippen LogP contribution in [0.2, 0.25) is 10.0 Å². The van der Waals surface area contributed by atoms with E-state index < -0.39 is 6.04 Å². The Kier molecular flexibility index (Phi) is 9.37. The number of carbonyl (C=O) groups is 2. The third-order valence-corrected chi connectivity index (χ3v) is 6.68. The zero-order chi connectivity index (χ0) is 25.5. The summed E-state index contributed by atoms with van der Waals surface area (Å²) in [6.45, 7) is 10.3. The molecular weight excluding hydrogens is 505 g/mol. The van der Waals surface area contributed by atoms with Crippen molar-refractivity contribution in [1.29, 1.82) is 0 Å². The third-order valence-electron chi connectivity index (χ3n) is 5.16. The van der Waals surface area contributed by atoms with E-state index in [9.17, 15) is 9.59 Å². The van der Waals surface area contributed by atoms with Crippen molar-refractivity contribution in [2.75, 3.05) is 11.1 Å². The second kappa shape index (κ2) is 12.2. The Balaban J connectivity index is 1.65. The van der Waals surface area contributed by atoms with Crippen LogP contribution < -0.4 is 10.6 Å². The highest BCUT2D eigenvalue weighted by Crippen LogP contribution is 2.24. The number of thioether (sulfide) groups is 1. The lowest BCUT2D eigenvalue weighted by Crippen LogP contribution is -2.29. The molecule has 0 bridgehead atoms. The van der Waals surface area contributed by atoms with Crippen LogP contribution >= 0.6 is 35.0 Å². The summed E-state index contributed by atoms with van der Waals surface area (Å²) < 4.78 is 1.82. The SMILES string of the molecule is C=CCn1c(SCC(=O)Nc2ccc(C(C)C)cc2)nnc1[C@@H](C)NC(=O)c1ccc(Cl)cc1Cl. The molecule has 7 nitrogen and oxygen atoms in total. The van der Waals surface area contributed by atoms with E-state index in [-0.39, 0.29) is 22.6 Å². The fraction of sp³-hybridized carbons (Fsp3) is 0.280. The molecule has 0 aliphatic heterocycles. The first-order valence-electron chi connectivity index (χ1n) is 11.0. The molecule has 10 heteroatoms. The molecule has 35 heavy (non-hydrogen) atoms. The van der Waals surface area contributed by atoms with Gasteiger partial charge in [-0.3, -0.25) is 9.59 Å². The molecule has 1 atom stereocenters. The summed E-state index contributed by atoms with van der Waals surface area (Å²) >= 11 is 13.3. The molecule has 1 heterocycles. The summed E-state index contributed by atoms with van der Waals surface area (Å²) in [6.07, 6.45) is 1.71. The van der Waals surface area contributed by atoms with Crippen LogP contribution in [-0.2, 0) is 11.3 Å². The highest BCUT2D eigenvalue weighted by Gasteiger charge is 2.21. The molecular formula is C25H27Cl2N5O2S. The number of benzene rings is 2. The van der Waals surface area contributed by atoms with Crippen molar-refractivity contribution >= 4 is 52.5 Å². The lowest BCUT2D eigenvalue weighted by atomic mass is 10.0. The van der Waals surface area contributed by atoms with Crippen molar-refractivity contribution in [1.82, 2.24) is 20.1 Å². The number of rotatable bonds is 10. The standard InChI is InChI=1S/C25H27Cl2N5O2S/c1-5-12-32-23(16(4)28-24(34)20-11-8-18(26)13-21(20)27)30-31-25(32)35-14-22(33)29-19-9-6-17(7-10-19)15(2)3/h5-11,13,15-16H,1,12,14H2,2-4H3,(H,28,34)(H,29,33)/t16-/m1/s1. The molecule has 184 valence electrons. The van der Waals surface area contributed by atoms with Gasteiger partial charge in [0.05, 0.1) is 22.4 Å². The summed E-state index contributed by atoms with van der Waals surface area (Å²) in [6, 6.07) is 12.0. The summed E-state index contributed by atoms with van der Waals surface area (Å²) in [7, 11) is 0. The largest absolute Gasteiger partial charge is 0.342 e. The molecule has 0 fully saturated rings. The average molecular weight is 532 g/mol. The highest BCUT2D eigenvalue weighted by molar-refractivity contribution is 7.99. The Morgan fingerprint density at radius 2 is 1.83 bits per heavy atom. The molecule has 1 aromatic heterocycles. The minimum absolute atomic E-state index is 0.152. The van der Waals surface area contributed by atoms with E-state index in [2.05, 4.69) is 41.3 Å². The summed E-state index contributed by atoms with van der Waals surface area (Å²) in [4.78, 5) is 25.2. The average Bonchev–Trinajstić information content (AvgIpc) is 3.21. The van der Waals surface area contributed by atoms with E-state index in [1.54, 1.807) is 25.1 Å². The highest BCUT2D eigenvalue weighted by atomic mass is 35.5. The number of halogens is 2. The Labute approximate surface area is 219 Å². The summed E-state index contributed by atoms with van der Waals surface area (Å²) in [5, 5.41) is 15.5. The number of amides is 2. The fourth-order valence-corrected chi connectivity index (χ4v) is 4.57. The first-order valence-corrected chi connectivity index (χ1v) is 12.8. The molecule has 3 rings (SSSR count). The first kappa shape index (κ1) is 26.8. The Bertz CT molecular complexity index is 1210. The lowest BCUT2D eigenvalue weighted by molar-refractivity contribution is -0.113. The van der Waals surface area contributed by atoms with Crippen LogP contribution in [0.5, 0.6) is 0 Å². The molecule has 0 unspecified atom stereocenters. The summed E-state index contributed by atoms with van der Waals surface area (Å²) in [5.74, 6) is 0.610. The van der Waals surface area contributed by atoms with E-state index >= 15 is 0 Å². The van der Waals surface area contributed by atoms with E-state index in [0.717, 1.165) is 5.69 Å². The van der Waals surface area contributed by atoms with Gasteiger partial charge in [-0.05, 0) is 48.7 Å². The van der Waals surface area contributed by atoms with Gasteiger partial charge in [0.15, 0.2) is 11.0 Å². The van der Waals surface area contributed by atoms with E-state index in [1.165, 1.54) is 23.4 Å². The number of anilines is 1. The number of hydrogen-bond acceptors (Lipinski definition) is 5. The second-order valence-corrected chi connectivity index (χ2v) is 9.96. The Morgan fingerprint density at radius 1 is 1.11 bits per heavy atom. The van der Waals surface area contributed by atoms with Crippen molar-refractivity contribution in [2.45, 2.75) is 44.4 Å². The zero-order valence-electron chi connectivity index (χ0n) is 19.7. The van der Waals surface area contributed by atoms with Crippen molar-refractivity contribution in [3.63, 3.8) is 0 Å². The van der Waals surface area contributed by atoms with Crippen molar-refractivity contribution in [3.05, 3.63) is 82.1 Å². The smallest absolute Gasteiger partial charge is 0.253 e. The van der Waals surface area contributed by atoms with E-state index in [1.807, 2.05) is 28.8 Å². The lowest BCUT2D eigenvalue weighted by Gasteiger charge is -2.16. The molecule has 2 N–H and O–H groups in total. The third kappa shape index (κ3) is 7.10. The maximum atomic E-state index is 12.7. The van der Waals surface area contributed by atoms with Gasteiger partial charge in [0.2, 0.25) is 5.91 Å². The Morgan fingerprint density at radius 3 is 2.46 bits per heavy atom. The maximum Gasteiger partial charge on any atom is 0.253 e. The molecule has 0 aliphatic carbocycles. The van der Waals surface area contributed by atoms with E-state index in [0.29, 0.717) is 34.0 Å². The minimum Gasteiger partial charge on any atom is -0.342 e. The van der Waals surface area contributed by atoms with E-state index in [4.69, 9.17) is 23.2 Å². The van der Waals surface area contributed by atoms with Crippen LogP contribution in [0.25, 0.3) is 0 Å². The number of aromatic nitrogens is 3. The monoisotopic (exact) mass is 531 g/mol. The van der Waals surface area contributed by atoms with Gasteiger partial charge in [-0.15, -0.1) is 16.8 Å². The molecule has 2 aromatic carbocycles. The van der Waals surface area contributed by atoms with Crippen LogP contribution in [0.4, 0.5) is 5.69 Å². The molecule has 0 radical (unpaired) electrons. The number of hydrogen-bond donors (Lipinski definition) is 2. The fourth-order valence-electron chi connectivity index (χ4n) is 3.32.